The summed E-state index contributed by atoms with van der Waals surface area (Å²) in [5.74, 6) is 0.601. The Morgan fingerprint density at radius 3 is 2.57 bits per heavy atom. The van der Waals surface area contributed by atoms with Crippen LogP contribution in [0.2, 0.25) is 0 Å². The zero-order valence-electron chi connectivity index (χ0n) is 19.9. The van der Waals surface area contributed by atoms with Crippen molar-refractivity contribution in [2.45, 2.75) is 50.7 Å². The van der Waals surface area contributed by atoms with Crippen molar-refractivity contribution in [2.24, 2.45) is 0 Å². The highest BCUT2D eigenvalue weighted by Crippen LogP contribution is 2.24. The summed E-state index contributed by atoms with van der Waals surface area (Å²) in [6.07, 6.45) is 5.48. The number of hydrogen-bond acceptors (Lipinski definition) is 6. The van der Waals surface area contributed by atoms with E-state index >= 15 is 0 Å². The van der Waals surface area contributed by atoms with E-state index in [9.17, 15) is 9.59 Å². The summed E-state index contributed by atoms with van der Waals surface area (Å²) in [7, 11) is 0. The van der Waals surface area contributed by atoms with Crippen molar-refractivity contribution in [3.05, 3.63) is 58.9 Å². The number of anilines is 2. The summed E-state index contributed by atoms with van der Waals surface area (Å²) < 4.78 is 3.60. The summed E-state index contributed by atoms with van der Waals surface area (Å²) in [6, 6.07) is 15.5. The molecule has 2 aromatic heterocycles. The Balaban J connectivity index is 1.33. The molecule has 2 aromatic carbocycles. The molecule has 182 valence electrons. The average molecular weight is 491 g/mol. The Bertz CT molecular complexity index is 1390. The molecule has 0 aliphatic carbocycles. The number of carbonyl (C=O) groups is 1. The molecule has 1 fully saturated rings. The van der Waals surface area contributed by atoms with Gasteiger partial charge in [-0.15, -0.1) is 10.2 Å². The summed E-state index contributed by atoms with van der Waals surface area (Å²) in [5, 5.41) is 12.9. The van der Waals surface area contributed by atoms with Gasteiger partial charge in [-0.3, -0.25) is 18.6 Å². The average Bonchev–Trinajstić information content (AvgIpc) is 3.56. The minimum atomic E-state index is -0.110. The highest BCUT2D eigenvalue weighted by atomic mass is 32.2. The van der Waals surface area contributed by atoms with Gasteiger partial charge in [0.1, 0.15) is 0 Å². The zero-order valence-corrected chi connectivity index (χ0v) is 20.8. The first-order chi connectivity index (χ1) is 17.2. The fourth-order valence-corrected chi connectivity index (χ4v) is 5.35. The SMILES string of the molecule is CCCCCn1c(=O)c2ccccc2n2c(SCC(=O)Nc3ccc(N4CCCC4)cc3)nnc12. The predicted molar refractivity (Wildman–Crippen MR) is 142 cm³/mol. The van der Waals surface area contributed by atoms with Gasteiger partial charge in [-0.05, 0) is 55.7 Å². The fraction of sp³-hybridized carbons (Fsp3) is 0.385. The maximum atomic E-state index is 13.1. The Hall–Kier alpha value is -3.33. The normalized spacial score (nSPS) is 13.7. The second-order valence-electron chi connectivity index (χ2n) is 8.88. The highest BCUT2D eigenvalue weighted by molar-refractivity contribution is 7.99. The molecular formula is C26H30N6O2S. The van der Waals surface area contributed by atoms with Crippen LogP contribution in [-0.2, 0) is 11.3 Å². The first-order valence-corrected chi connectivity index (χ1v) is 13.3. The molecule has 5 rings (SSSR count). The van der Waals surface area contributed by atoms with Gasteiger partial charge in [-0.25, -0.2) is 0 Å². The molecule has 4 aromatic rings. The van der Waals surface area contributed by atoms with Crippen molar-refractivity contribution in [3.8, 4) is 0 Å². The number of benzene rings is 2. The Labute approximate surface area is 208 Å². The third kappa shape index (κ3) is 4.91. The molecule has 1 aliphatic rings. The van der Waals surface area contributed by atoms with Gasteiger partial charge in [-0.2, -0.15) is 0 Å². The molecule has 0 radical (unpaired) electrons. The molecule has 1 amide bonds. The summed E-state index contributed by atoms with van der Waals surface area (Å²) in [5.41, 5.74) is 2.68. The molecule has 1 saturated heterocycles. The van der Waals surface area contributed by atoms with E-state index in [0.29, 0.717) is 22.9 Å². The first kappa shape index (κ1) is 23.4. The quantitative estimate of drug-likeness (QED) is 0.273. The van der Waals surface area contributed by atoms with Crippen LogP contribution in [0, 0.1) is 0 Å². The lowest BCUT2D eigenvalue weighted by Gasteiger charge is -2.17. The van der Waals surface area contributed by atoms with Crippen LogP contribution in [0.15, 0.2) is 58.5 Å². The van der Waals surface area contributed by atoms with E-state index in [1.807, 2.05) is 40.8 Å². The minimum absolute atomic E-state index is 0.0525. The number of carbonyl (C=O) groups excluding carboxylic acids is 1. The van der Waals surface area contributed by atoms with Crippen molar-refractivity contribution in [1.29, 1.82) is 0 Å². The Kier molecular flexibility index (Phi) is 7.03. The topological polar surface area (TPSA) is 84.5 Å². The molecule has 1 N–H and O–H groups in total. The van der Waals surface area contributed by atoms with E-state index in [1.165, 1.54) is 30.3 Å². The molecule has 0 unspecified atom stereocenters. The van der Waals surface area contributed by atoms with Gasteiger partial charge in [0.05, 0.1) is 16.7 Å². The summed E-state index contributed by atoms with van der Waals surface area (Å²) in [6.45, 7) is 4.92. The molecule has 0 atom stereocenters. The van der Waals surface area contributed by atoms with Gasteiger partial charge in [0.25, 0.3) is 5.56 Å². The van der Waals surface area contributed by atoms with Crippen molar-refractivity contribution in [2.75, 3.05) is 29.1 Å². The van der Waals surface area contributed by atoms with Gasteiger partial charge in [0, 0.05) is 31.0 Å². The summed E-state index contributed by atoms with van der Waals surface area (Å²) in [4.78, 5) is 28.2. The lowest BCUT2D eigenvalue weighted by molar-refractivity contribution is -0.113. The molecule has 0 saturated carbocycles. The van der Waals surface area contributed by atoms with Crippen molar-refractivity contribution < 1.29 is 4.79 Å². The van der Waals surface area contributed by atoms with Crippen LogP contribution >= 0.6 is 11.8 Å². The number of aromatic nitrogens is 4. The number of aryl methyl sites for hydroxylation is 1. The number of nitrogens with zero attached hydrogens (tertiary/aromatic N) is 5. The minimum Gasteiger partial charge on any atom is -0.372 e. The number of nitrogens with one attached hydrogen (secondary N) is 1. The standard InChI is InChI=1S/C26H30N6O2S/c1-2-3-6-17-31-24(34)21-9-4-5-10-22(21)32-25(31)28-29-26(32)35-18-23(33)27-19-11-13-20(14-12-19)30-15-7-8-16-30/h4-5,9-14H,2-3,6-8,15-18H2,1H3,(H,27,33). The third-order valence-corrected chi connectivity index (χ3v) is 7.35. The van der Waals surface area contributed by atoms with E-state index in [4.69, 9.17) is 0 Å². The second-order valence-corrected chi connectivity index (χ2v) is 9.82. The number of rotatable bonds is 9. The number of fused-ring (bicyclic) bond motifs is 3. The molecule has 9 heteroatoms. The van der Waals surface area contributed by atoms with Crippen LogP contribution < -0.4 is 15.8 Å². The van der Waals surface area contributed by atoms with Crippen LogP contribution in [0.25, 0.3) is 16.7 Å². The monoisotopic (exact) mass is 490 g/mol. The van der Waals surface area contributed by atoms with Crippen molar-refractivity contribution in [1.82, 2.24) is 19.2 Å². The smallest absolute Gasteiger partial charge is 0.262 e. The lowest BCUT2D eigenvalue weighted by Crippen LogP contribution is -2.23. The molecular weight excluding hydrogens is 460 g/mol. The van der Waals surface area contributed by atoms with E-state index in [1.54, 1.807) is 4.57 Å². The molecule has 8 nitrogen and oxygen atoms in total. The molecule has 0 bridgehead atoms. The van der Waals surface area contributed by atoms with Gasteiger partial charge >= 0.3 is 0 Å². The lowest BCUT2D eigenvalue weighted by atomic mass is 10.2. The van der Waals surface area contributed by atoms with Gasteiger partial charge in [-0.1, -0.05) is 43.7 Å². The molecule has 35 heavy (non-hydrogen) atoms. The second kappa shape index (κ2) is 10.5. The van der Waals surface area contributed by atoms with E-state index in [-0.39, 0.29) is 17.2 Å². The number of para-hydroxylation sites is 1. The van der Waals surface area contributed by atoms with Crippen LogP contribution in [0.1, 0.15) is 39.0 Å². The highest BCUT2D eigenvalue weighted by Gasteiger charge is 2.18. The number of thioether (sulfide) groups is 1. The molecule has 1 aliphatic heterocycles. The predicted octanol–water partition coefficient (Wildman–Crippen LogP) is 4.57. The van der Waals surface area contributed by atoms with Crippen LogP contribution in [0.4, 0.5) is 11.4 Å². The third-order valence-electron chi connectivity index (χ3n) is 6.42. The fourth-order valence-electron chi connectivity index (χ4n) is 4.61. The van der Waals surface area contributed by atoms with Crippen LogP contribution in [0.3, 0.4) is 0 Å². The Morgan fingerprint density at radius 1 is 1.03 bits per heavy atom. The number of hydrogen-bond donors (Lipinski definition) is 1. The molecule has 0 spiro atoms. The number of amides is 1. The Morgan fingerprint density at radius 2 is 1.80 bits per heavy atom. The largest absolute Gasteiger partial charge is 0.372 e. The van der Waals surface area contributed by atoms with Gasteiger partial charge in [0.2, 0.25) is 11.7 Å². The van der Waals surface area contributed by atoms with Gasteiger partial charge < -0.3 is 10.2 Å². The van der Waals surface area contributed by atoms with Crippen LogP contribution in [0.5, 0.6) is 0 Å². The first-order valence-electron chi connectivity index (χ1n) is 12.3. The van der Waals surface area contributed by atoms with Crippen LogP contribution in [-0.4, -0.2) is 43.9 Å². The van der Waals surface area contributed by atoms with E-state index < -0.39 is 0 Å². The number of unbranched alkanes of at least 4 members (excludes halogenated alkanes) is 2. The van der Waals surface area contributed by atoms with E-state index in [2.05, 4.69) is 39.5 Å². The van der Waals surface area contributed by atoms with Crippen molar-refractivity contribution in [3.63, 3.8) is 0 Å². The summed E-state index contributed by atoms with van der Waals surface area (Å²) >= 11 is 1.32. The van der Waals surface area contributed by atoms with E-state index in [0.717, 1.165) is 43.6 Å². The molecule has 3 heterocycles. The maximum absolute atomic E-state index is 13.1. The maximum Gasteiger partial charge on any atom is 0.262 e. The van der Waals surface area contributed by atoms with Gasteiger partial charge in [0.15, 0.2) is 5.16 Å². The zero-order chi connectivity index (χ0) is 24.2. The van der Waals surface area contributed by atoms with Crippen molar-refractivity contribution >= 4 is 45.7 Å².